The number of nitrogens with two attached hydrogens (primary N) is 1. The Morgan fingerprint density at radius 3 is 2.90 bits per heavy atom. The smallest absolute Gasteiger partial charge is 0.224 e. The van der Waals surface area contributed by atoms with Crippen molar-refractivity contribution in [3.05, 3.63) is 23.2 Å². The number of anilines is 2. The van der Waals surface area contributed by atoms with Crippen LogP contribution in [0.15, 0.2) is 18.2 Å². The van der Waals surface area contributed by atoms with Crippen LogP contribution in [0.5, 0.6) is 0 Å². The number of nitrogens with one attached hydrogen (secondary N) is 1. The second-order valence-corrected chi connectivity index (χ2v) is 6.10. The highest BCUT2D eigenvalue weighted by atomic mass is 35.5. The molecule has 0 radical (unpaired) electrons. The van der Waals surface area contributed by atoms with Gasteiger partial charge in [-0.15, -0.1) is 0 Å². The molecule has 0 aliphatic carbocycles. The third kappa shape index (κ3) is 6.50. The van der Waals surface area contributed by atoms with Crippen LogP contribution in [0.25, 0.3) is 0 Å². The first-order chi connectivity index (χ1) is 9.52. The molecule has 0 spiro atoms. The molecule has 0 atom stereocenters. The van der Waals surface area contributed by atoms with Gasteiger partial charge in [-0.05, 0) is 44.5 Å². The molecule has 1 aromatic rings. The Labute approximate surface area is 130 Å². The summed E-state index contributed by atoms with van der Waals surface area (Å²) < 4.78 is 0. The molecule has 3 N–H and O–H groups in total. The molecular formula is C14H22ClN3OS. The first kappa shape index (κ1) is 17.1. The summed E-state index contributed by atoms with van der Waals surface area (Å²) in [5, 5.41) is 3.36. The van der Waals surface area contributed by atoms with Gasteiger partial charge in [0, 0.05) is 23.7 Å². The van der Waals surface area contributed by atoms with Gasteiger partial charge in [-0.2, -0.15) is 11.8 Å². The lowest BCUT2D eigenvalue weighted by Gasteiger charge is -2.15. The van der Waals surface area contributed by atoms with Crippen molar-refractivity contribution in [3.8, 4) is 0 Å². The molecule has 0 fully saturated rings. The number of hydrogen-bond acceptors (Lipinski definition) is 4. The van der Waals surface area contributed by atoms with Crippen LogP contribution in [-0.2, 0) is 4.79 Å². The number of nitrogens with zero attached hydrogens (tertiary/aromatic N) is 1. The van der Waals surface area contributed by atoms with E-state index in [4.69, 9.17) is 17.3 Å². The van der Waals surface area contributed by atoms with E-state index >= 15 is 0 Å². The van der Waals surface area contributed by atoms with Gasteiger partial charge in [0.05, 0.1) is 11.4 Å². The number of benzene rings is 1. The van der Waals surface area contributed by atoms with Crippen LogP contribution >= 0.6 is 23.4 Å². The number of rotatable bonds is 8. The van der Waals surface area contributed by atoms with E-state index in [0.717, 1.165) is 25.3 Å². The lowest BCUT2D eigenvalue weighted by Crippen LogP contribution is -2.23. The minimum atomic E-state index is -0.0303. The standard InChI is InChI=1S/C14H22ClN3OS/c1-18(8-9-20-2)7-3-4-14(19)17-13-10-11(15)5-6-12(13)16/h5-6,10H,3-4,7-9,16H2,1-2H3,(H,17,19). The number of carbonyl (C=O) groups excluding carboxylic acids is 1. The van der Waals surface area contributed by atoms with E-state index in [9.17, 15) is 4.79 Å². The highest BCUT2D eigenvalue weighted by molar-refractivity contribution is 7.98. The minimum absolute atomic E-state index is 0.0303. The Balaban J connectivity index is 2.31. The molecule has 4 nitrogen and oxygen atoms in total. The van der Waals surface area contributed by atoms with E-state index in [2.05, 4.69) is 23.5 Å². The molecule has 6 heteroatoms. The SMILES string of the molecule is CSCCN(C)CCCC(=O)Nc1cc(Cl)ccc1N. The molecule has 0 aliphatic rings. The zero-order valence-corrected chi connectivity index (χ0v) is 13.6. The molecule has 1 rings (SSSR count). The molecule has 112 valence electrons. The van der Waals surface area contributed by atoms with E-state index in [0.29, 0.717) is 22.8 Å². The second-order valence-electron chi connectivity index (χ2n) is 4.68. The Hall–Kier alpha value is -0.910. The van der Waals surface area contributed by atoms with Crippen LogP contribution in [-0.4, -0.2) is 43.0 Å². The van der Waals surface area contributed by atoms with Gasteiger partial charge in [0.15, 0.2) is 0 Å². The minimum Gasteiger partial charge on any atom is -0.397 e. The van der Waals surface area contributed by atoms with Gasteiger partial charge in [0.25, 0.3) is 0 Å². The Morgan fingerprint density at radius 1 is 1.45 bits per heavy atom. The normalized spacial score (nSPS) is 10.8. The van der Waals surface area contributed by atoms with Gasteiger partial charge in [-0.1, -0.05) is 11.6 Å². The van der Waals surface area contributed by atoms with Crippen LogP contribution < -0.4 is 11.1 Å². The first-order valence-corrected chi connectivity index (χ1v) is 8.32. The molecule has 0 aromatic heterocycles. The van der Waals surface area contributed by atoms with Gasteiger partial charge >= 0.3 is 0 Å². The lowest BCUT2D eigenvalue weighted by molar-refractivity contribution is -0.116. The quantitative estimate of drug-likeness (QED) is 0.724. The van der Waals surface area contributed by atoms with Crippen LogP contribution in [0.4, 0.5) is 11.4 Å². The van der Waals surface area contributed by atoms with Gasteiger partial charge < -0.3 is 16.0 Å². The number of thioether (sulfide) groups is 1. The topological polar surface area (TPSA) is 58.4 Å². The Bertz CT molecular complexity index is 442. The molecule has 1 amide bonds. The number of amides is 1. The summed E-state index contributed by atoms with van der Waals surface area (Å²) in [5.74, 6) is 1.08. The van der Waals surface area contributed by atoms with Crippen LogP contribution in [0.2, 0.25) is 5.02 Å². The highest BCUT2D eigenvalue weighted by Crippen LogP contribution is 2.23. The average molecular weight is 316 g/mol. The van der Waals surface area contributed by atoms with Crippen molar-refractivity contribution in [2.45, 2.75) is 12.8 Å². The van der Waals surface area contributed by atoms with Crippen LogP contribution in [0, 0.1) is 0 Å². The van der Waals surface area contributed by atoms with Crippen molar-refractivity contribution in [2.75, 3.05) is 43.2 Å². The molecule has 0 heterocycles. The molecule has 0 unspecified atom stereocenters. The zero-order valence-electron chi connectivity index (χ0n) is 12.0. The maximum Gasteiger partial charge on any atom is 0.224 e. The summed E-state index contributed by atoms with van der Waals surface area (Å²) in [6.45, 7) is 1.96. The molecule has 20 heavy (non-hydrogen) atoms. The Morgan fingerprint density at radius 2 is 2.20 bits per heavy atom. The van der Waals surface area contributed by atoms with E-state index < -0.39 is 0 Å². The van der Waals surface area contributed by atoms with Crippen LogP contribution in [0.3, 0.4) is 0 Å². The summed E-state index contributed by atoms with van der Waals surface area (Å²) >= 11 is 7.71. The fourth-order valence-corrected chi connectivity index (χ4v) is 2.38. The molecule has 0 saturated heterocycles. The van der Waals surface area contributed by atoms with Crippen LogP contribution in [0.1, 0.15) is 12.8 Å². The predicted octanol–water partition coefficient (Wildman–Crippen LogP) is 2.94. The molecular weight excluding hydrogens is 294 g/mol. The van der Waals surface area contributed by atoms with E-state index in [1.54, 1.807) is 18.2 Å². The van der Waals surface area contributed by atoms with Crippen molar-refractivity contribution in [2.24, 2.45) is 0 Å². The highest BCUT2D eigenvalue weighted by Gasteiger charge is 2.06. The maximum absolute atomic E-state index is 11.8. The van der Waals surface area contributed by atoms with Crippen molar-refractivity contribution in [1.82, 2.24) is 4.90 Å². The molecule has 1 aromatic carbocycles. The summed E-state index contributed by atoms with van der Waals surface area (Å²) in [7, 11) is 2.07. The van der Waals surface area contributed by atoms with Crippen molar-refractivity contribution in [1.29, 1.82) is 0 Å². The monoisotopic (exact) mass is 315 g/mol. The van der Waals surface area contributed by atoms with E-state index in [1.165, 1.54) is 0 Å². The number of carbonyl (C=O) groups is 1. The number of halogens is 1. The summed E-state index contributed by atoms with van der Waals surface area (Å²) in [5.41, 5.74) is 6.89. The maximum atomic E-state index is 11.8. The van der Waals surface area contributed by atoms with Gasteiger partial charge in [-0.3, -0.25) is 4.79 Å². The average Bonchev–Trinajstić information content (AvgIpc) is 2.40. The van der Waals surface area contributed by atoms with Gasteiger partial charge in [0.1, 0.15) is 0 Å². The molecule has 0 saturated carbocycles. The largest absolute Gasteiger partial charge is 0.397 e. The summed E-state index contributed by atoms with van der Waals surface area (Å²) in [6.07, 6.45) is 3.41. The number of hydrogen-bond donors (Lipinski definition) is 2. The van der Waals surface area contributed by atoms with Gasteiger partial charge in [0.2, 0.25) is 5.91 Å². The molecule has 0 aliphatic heterocycles. The van der Waals surface area contributed by atoms with Crippen molar-refractivity contribution in [3.63, 3.8) is 0 Å². The summed E-state index contributed by atoms with van der Waals surface area (Å²) in [4.78, 5) is 14.1. The van der Waals surface area contributed by atoms with E-state index in [1.807, 2.05) is 11.8 Å². The Kier molecular flexibility index (Phi) is 7.80. The lowest BCUT2D eigenvalue weighted by atomic mass is 10.2. The molecule has 0 bridgehead atoms. The predicted molar refractivity (Wildman–Crippen MR) is 89.6 cm³/mol. The number of nitrogen functional groups attached to an aromatic ring is 1. The summed E-state index contributed by atoms with van der Waals surface area (Å²) in [6, 6.07) is 5.06. The van der Waals surface area contributed by atoms with E-state index in [-0.39, 0.29) is 5.91 Å². The fraction of sp³-hybridized carbons (Fsp3) is 0.500. The first-order valence-electron chi connectivity index (χ1n) is 6.55. The van der Waals surface area contributed by atoms with Gasteiger partial charge in [-0.25, -0.2) is 0 Å². The fourth-order valence-electron chi connectivity index (χ4n) is 1.72. The second kappa shape index (κ2) is 9.10. The van der Waals surface area contributed by atoms with Crippen molar-refractivity contribution < 1.29 is 4.79 Å². The van der Waals surface area contributed by atoms with Crippen molar-refractivity contribution >= 4 is 40.6 Å². The third-order valence-corrected chi connectivity index (χ3v) is 3.74. The zero-order chi connectivity index (χ0) is 15.0. The third-order valence-electron chi connectivity index (χ3n) is 2.91.